The summed E-state index contributed by atoms with van der Waals surface area (Å²) in [6.45, 7) is 3.90. The first-order valence-electron chi connectivity index (χ1n) is 5.22. The Balaban J connectivity index is 2.57. The molecule has 0 saturated heterocycles. The van der Waals surface area contributed by atoms with E-state index in [1.807, 2.05) is 6.92 Å². The van der Waals surface area contributed by atoms with E-state index >= 15 is 0 Å². The van der Waals surface area contributed by atoms with Crippen LogP contribution in [0.2, 0.25) is 0 Å². The lowest BCUT2D eigenvalue weighted by atomic mass is 10.2. The number of hydrogen-bond donors (Lipinski definition) is 1. The Kier molecular flexibility index (Phi) is 3.88. The Morgan fingerprint density at radius 1 is 1.47 bits per heavy atom. The van der Waals surface area contributed by atoms with Gasteiger partial charge in [-0.1, -0.05) is 6.08 Å². The van der Waals surface area contributed by atoms with Gasteiger partial charge in [-0.05, 0) is 26.7 Å². The normalized spacial score (nSPS) is 16.3. The maximum atomic E-state index is 11.8. The molecule has 1 saturated carbocycles. The topological polar surface area (TPSA) is 57.6 Å². The van der Waals surface area contributed by atoms with Crippen LogP contribution in [0.15, 0.2) is 11.6 Å². The molecular weight excluding hydrogens is 194 g/mol. The van der Waals surface area contributed by atoms with Gasteiger partial charge in [-0.15, -0.1) is 0 Å². The molecule has 0 aromatic carbocycles. The van der Waals surface area contributed by atoms with Crippen LogP contribution in [0.1, 0.15) is 33.1 Å². The number of nitrogens with zero attached hydrogens (tertiary/aromatic N) is 1. The second-order valence-electron chi connectivity index (χ2n) is 3.85. The van der Waals surface area contributed by atoms with Crippen LogP contribution in [0.25, 0.3) is 0 Å². The van der Waals surface area contributed by atoms with Gasteiger partial charge in [0.1, 0.15) is 0 Å². The Morgan fingerprint density at radius 2 is 2.07 bits per heavy atom. The van der Waals surface area contributed by atoms with Crippen LogP contribution < -0.4 is 0 Å². The highest BCUT2D eigenvalue weighted by molar-refractivity contribution is 5.93. The minimum absolute atomic E-state index is 0.0266. The van der Waals surface area contributed by atoms with Crippen LogP contribution in [0.3, 0.4) is 0 Å². The Bertz CT molecular complexity index is 292. The fraction of sp³-hybridized carbons (Fsp3) is 0.636. The standard InChI is InChI=1S/C11H17NO3/c1-3-8(2)11(15)12(9-4-5-9)7-6-10(13)14/h3,9H,4-7H2,1-2H3,(H,13,14)/b8-3-. The summed E-state index contributed by atoms with van der Waals surface area (Å²) in [5.74, 6) is -0.882. The molecule has 0 bridgehead atoms. The molecule has 0 aromatic heterocycles. The van der Waals surface area contributed by atoms with E-state index in [0.717, 1.165) is 12.8 Å². The Morgan fingerprint density at radius 3 is 2.47 bits per heavy atom. The molecule has 0 radical (unpaired) electrons. The van der Waals surface area contributed by atoms with E-state index in [0.29, 0.717) is 12.1 Å². The lowest BCUT2D eigenvalue weighted by Gasteiger charge is -2.21. The van der Waals surface area contributed by atoms with Gasteiger partial charge in [0, 0.05) is 18.2 Å². The van der Waals surface area contributed by atoms with Gasteiger partial charge in [-0.25, -0.2) is 0 Å². The fourth-order valence-corrected chi connectivity index (χ4v) is 1.40. The second-order valence-corrected chi connectivity index (χ2v) is 3.85. The Labute approximate surface area is 89.6 Å². The van der Waals surface area contributed by atoms with Crippen molar-refractivity contribution in [3.05, 3.63) is 11.6 Å². The van der Waals surface area contributed by atoms with Crippen molar-refractivity contribution < 1.29 is 14.7 Å². The molecule has 0 unspecified atom stereocenters. The summed E-state index contributed by atoms with van der Waals surface area (Å²) < 4.78 is 0. The van der Waals surface area contributed by atoms with Crippen molar-refractivity contribution >= 4 is 11.9 Å². The predicted molar refractivity (Wildman–Crippen MR) is 56.4 cm³/mol. The highest BCUT2D eigenvalue weighted by atomic mass is 16.4. The van der Waals surface area contributed by atoms with Crippen molar-refractivity contribution in [1.29, 1.82) is 0 Å². The van der Waals surface area contributed by atoms with Crippen LogP contribution in [-0.4, -0.2) is 34.5 Å². The minimum Gasteiger partial charge on any atom is -0.481 e. The zero-order chi connectivity index (χ0) is 11.4. The quantitative estimate of drug-likeness (QED) is 0.700. The molecule has 0 atom stereocenters. The van der Waals surface area contributed by atoms with Crippen molar-refractivity contribution in [2.24, 2.45) is 0 Å². The van der Waals surface area contributed by atoms with E-state index in [4.69, 9.17) is 5.11 Å². The third-order valence-electron chi connectivity index (χ3n) is 2.59. The number of amides is 1. The summed E-state index contributed by atoms with van der Waals surface area (Å²) >= 11 is 0. The first-order valence-corrected chi connectivity index (χ1v) is 5.22. The molecule has 15 heavy (non-hydrogen) atoms. The molecule has 4 heteroatoms. The van der Waals surface area contributed by atoms with Crippen molar-refractivity contribution in [3.63, 3.8) is 0 Å². The lowest BCUT2D eigenvalue weighted by Crippen LogP contribution is -2.35. The first-order chi connectivity index (χ1) is 7.06. The molecule has 0 aromatic rings. The fourth-order valence-electron chi connectivity index (χ4n) is 1.40. The summed E-state index contributed by atoms with van der Waals surface area (Å²) in [7, 11) is 0. The maximum Gasteiger partial charge on any atom is 0.305 e. The molecule has 4 nitrogen and oxygen atoms in total. The Hall–Kier alpha value is -1.32. The van der Waals surface area contributed by atoms with Crippen molar-refractivity contribution in [2.75, 3.05) is 6.54 Å². The number of carbonyl (C=O) groups excluding carboxylic acids is 1. The van der Waals surface area contributed by atoms with Crippen LogP contribution in [0.5, 0.6) is 0 Å². The molecule has 1 amide bonds. The van der Waals surface area contributed by atoms with Gasteiger partial charge in [0.15, 0.2) is 0 Å². The van der Waals surface area contributed by atoms with Crippen molar-refractivity contribution in [2.45, 2.75) is 39.2 Å². The second kappa shape index (κ2) is 4.96. The number of aliphatic carboxylic acids is 1. The van der Waals surface area contributed by atoms with Crippen LogP contribution in [-0.2, 0) is 9.59 Å². The first kappa shape index (κ1) is 11.8. The number of hydrogen-bond acceptors (Lipinski definition) is 2. The van der Waals surface area contributed by atoms with E-state index in [9.17, 15) is 9.59 Å². The van der Waals surface area contributed by atoms with Crippen molar-refractivity contribution in [3.8, 4) is 0 Å². The number of carbonyl (C=O) groups is 2. The molecule has 1 aliphatic rings. The number of carboxylic acids is 1. The van der Waals surface area contributed by atoms with E-state index in [2.05, 4.69) is 0 Å². The highest BCUT2D eigenvalue weighted by Gasteiger charge is 2.32. The monoisotopic (exact) mass is 211 g/mol. The summed E-state index contributed by atoms with van der Waals surface area (Å²) in [4.78, 5) is 24.0. The zero-order valence-electron chi connectivity index (χ0n) is 9.19. The van der Waals surface area contributed by atoms with Gasteiger partial charge in [0.25, 0.3) is 0 Å². The third kappa shape index (κ3) is 3.38. The van der Waals surface area contributed by atoms with E-state index in [-0.39, 0.29) is 18.4 Å². The molecule has 0 aliphatic heterocycles. The summed E-state index contributed by atoms with van der Waals surface area (Å²) in [5, 5.41) is 8.59. The van der Waals surface area contributed by atoms with Gasteiger partial charge >= 0.3 is 5.97 Å². The number of rotatable bonds is 5. The SMILES string of the molecule is C/C=C(/C)C(=O)N(CCC(=O)O)C1CC1. The average molecular weight is 211 g/mol. The molecule has 1 aliphatic carbocycles. The molecule has 1 fully saturated rings. The molecule has 0 spiro atoms. The van der Waals surface area contributed by atoms with Crippen LogP contribution >= 0.6 is 0 Å². The molecular formula is C11H17NO3. The molecule has 0 heterocycles. The summed E-state index contributed by atoms with van der Waals surface area (Å²) in [6.07, 6.45) is 3.79. The van der Waals surface area contributed by atoms with Gasteiger partial charge in [-0.3, -0.25) is 9.59 Å². The average Bonchev–Trinajstić information content (AvgIpc) is 3.00. The molecule has 84 valence electrons. The van der Waals surface area contributed by atoms with E-state index < -0.39 is 5.97 Å². The predicted octanol–water partition coefficient (Wildman–Crippen LogP) is 1.42. The van der Waals surface area contributed by atoms with Gasteiger partial charge in [-0.2, -0.15) is 0 Å². The molecule has 1 rings (SSSR count). The van der Waals surface area contributed by atoms with Crippen molar-refractivity contribution in [1.82, 2.24) is 4.90 Å². The summed E-state index contributed by atoms with van der Waals surface area (Å²) in [5.41, 5.74) is 0.687. The number of allylic oxidation sites excluding steroid dienone is 1. The van der Waals surface area contributed by atoms with Gasteiger partial charge < -0.3 is 10.0 Å². The zero-order valence-corrected chi connectivity index (χ0v) is 9.19. The largest absolute Gasteiger partial charge is 0.481 e. The lowest BCUT2D eigenvalue weighted by molar-refractivity contribution is -0.138. The maximum absolute atomic E-state index is 11.8. The highest BCUT2D eigenvalue weighted by Crippen LogP contribution is 2.28. The van der Waals surface area contributed by atoms with Gasteiger partial charge in [0.2, 0.25) is 5.91 Å². The van der Waals surface area contributed by atoms with Crippen LogP contribution in [0, 0.1) is 0 Å². The van der Waals surface area contributed by atoms with E-state index in [1.165, 1.54) is 0 Å². The van der Waals surface area contributed by atoms with Gasteiger partial charge in [0.05, 0.1) is 6.42 Å². The minimum atomic E-state index is -0.855. The summed E-state index contributed by atoms with van der Waals surface area (Å²) in [6, 6.07) is 0.270. The smallest absolute Gasteiger partial charge is 0.305 e. The third-order valence-corrected chi connectivity index (χ3v) is 2.59. The molecule has 1 N–H and O–H groups in total. The number of carboxylic acid groups (broad SMARTS) is 1. The van der Waals surface area contributed by atoms with Crippen LogP contribution in [0.4, 0.5) is 0 Å². The van der Waals surface area contributed by atoms with E-state index in [1.54, 1.807) is 17.9 Å².